The Labute approximate surface area is 116 Å². The highest BCUT2D eigenvalue weighted by Gasteiger charge is 2.13. The first-order valence-corrected chi connectivity index (χ1v) is 6.23. The second kappa shape index (κ2) is 5.70. The van der Waals surface area contributed by atoms with Crippen molar-refractivity contribution in [2.45, 2.75) is 19.9 Å². The highest BCUT2D eigenvalue weighted by atomic mass is 19.1. The molecule has 20 heavy (non-hydrogen) atoms. The van der Waals surface area contributed by atoms with Gasteiger partial charge in [-0.15, -0.1) is 0 Å². The zero-order valence-corrected chi connectivity index (χ0v) is 11.2. The number of hydrogen-bond donors (Lipinski definition) is 1. The van der Waals surface area contributed by atoms with Crippen molar-refractivity contribution >= 4 is 5.69 Å². The first-order valence-electron chi connectivity index (χ1n) is 6.23. The Bertz CT molecular complexity index is 657. The van der Waals surface area contributed by atoms with Gasteiger partial charge in [0.15, 0.2) is 0 Å². The van der Waals surface area contributed by atoms with Crippen LogP contribution in [-0.4, -0.2) is 0 Å². The largest absolute Gasteiger partial charge is 0.378 e. The third-order valence-electron chi connectivity index (χ3n) is 3.14. The van der Waals surface area contributed by atoms with E-state index in [9.17, 15) is 8.78 Å². The summed E-state index contributed by atoms with van der Waals surface area (Å²) >= 11 is 0. The van der Waals surface area contributed by atoms with E-state index >= 15 is 0 Å². The van der Waals surface area contributed by atoms with Crippen LogP contribution < -0.4 is 5.32 Å². The average Bonchev–Trinajstić information content (AvgIpc) is 2.43. The average molecular weight is 272 g/mol. The van der Waals surface area contributed by atoms with Crippen molar-refractivity contribution < 1.29 is 8.78 Å². The molecular weight excluding hydrogens is 258 g/mol. The van der Waals surface area contributed by atoms with Crippen molar-refractivity contribution in [3.05, 3.63) is 64.7 Å². The lowest BCUT2D eigenvalue weighted by Crippen LogP contribution is -2.09. The maximum absolute atomic E-state index is 13.9. The van der Waals surface area contributed by atoms with E-state index in [0.29, 0.717) is 5.56 Å². The van der Waals surface area contributed by atoms with Gasteiger partial charge in [0.05, 0.1) is 17.7 Å². The highest BCUT2D eigenvalue weighted by molar-refractivity contribution is 5.49. The molecule has 0 spiro atoms. The van der Waals surface area contributed by atoms with E-state index in [4.69, 9.17) is 5.26 Å². The maximum atomic E-state index is 13.9. The number of benzene rings is 2. The molecule has 0 amide bonds. The van der Waals surface area contributed by atoms with Crippen LogP contribution >= 0.6 is 0 Å². The molecule has 4 heteroatoms. The number of anilines is 1. The van der Waals surface area contributed by atoms with Crippen LogP contribution in [0.25, 0.3) is 0 Å². The molecule has 0 radical (unpaired) electrons. The second-order valence-electron chi connectivity index (χ2n) is 4.68. The predicted octanol–water partition coefficient (Wildman–Crippen LogP) is 4.32. The quantitative estimate of drug-likeness (QED) is 0.903. The van der Waals surface area contributed by atoms with Gasteiger partial charge in [0.1, 0.15) is 11.6 Å². The van der Waals surface area contributed by atoms with Gasteiger partial charge >= 0.3 is 0 Å². The smallest absolute Gasteiger partial charge is 0.128 e. The van der Waals surface area contributed by atoms with Crippen molar-refractivity contribution in [2.24, 2.45) is 0 Å². The summed E-state index contributed by atoms with van der Waals surface area (Å²) in [6, 6.07) is 10.9. The second-order valence-corrected chi connectivity index (χ2v) is 4.68. The van der Waals surface area contributed by atoms with Crippen LogP contribution in [0.1, 0.15) is 29.7 Å². The van der Waals surface area contributed by atoms with Gasteiger partial charge < -0.3 is 5.32 Å². The normalized spacial score (nSPS) is 11.8. The molecule has 0 aliphatic rings. The van der Waals surface area contributed by atoms with Crippen LogP contribution in [0.2, 0.25) is 0 Å². The van der Waals surface area contributed by atoms with Crippen molar-refractivity contribution in [3.8, 4) is 6.07 Å². The molecule has 2 aromatic carbocycles. The van der Waals surface area contributed by atoms with E-state index in [1.807, 2.05) is 6.07 Å². The zero-order valence-electron chi connectivity index (χ0n) is 11.2. The summed E-state index contributed by atoms with van der Waals surface area (Å²) in [5, 5.41) is 11.8. The molecule has 1 atom stereocenters. The number of hydrogen-bond acceptors (Lipinski definition) is 2. The topological polar surface area (TPSA) is 35.8 Å². The summed E-state index contributed by atoms with van der Waals surface area (Å²) in [5.41, 5.74) is 1.86. The van der Waals surface area contributed by atoms with Gasteiger partial charge in [-0.05, 0) is 55.8 Å². The van der Waals surface area contributed by atoms with Gasteiger partial charge in [-0.3, -0.25) is 0 Å². The summed E-state index contributed by atoms with van der Waals surface area (Å²) in [5.74, 6) is -0.854. The van der Waals surface area contributed by atoms with Crippen LogP contribution in [0.5, 0.6) is 0 Å². The predicted molar refractivity (Wildman–Crippen MR) is 74.3 cm³/mol. The van der Waals surface area contributed by atoms with E-state index in [2.05, 4.69) is 5.32 Å². The molecule has 102 valence electrons. The minimum Gasteiger partial charge on any atom is -0.378 e. The Kier molecular flexibility index (Phi) is 3.99. The third kappa shape index (κ3) is 2.94. The lowest BCUT2D eigenvalue weighted by molar-refractivity contribution is 0.571. The molecule has 0 aromatic heterocycles. The molecule has 0 aliphatic heterocycles. The maximum Gasteiger partial charge on any atom is 0.128 e. The molecule has 1 unspecified atom stereocenters. The van der Waals surface area contributed by atoms with E-state index in [0.717, 1.165) is 5.69 Å². The van der Waals surface area contributed by atoms with Gasteiger partial charge in [0, 0.05) is 11.3 Å². The number of nitrogens with zero attached hydrogens (tertiary/aromatic N) is 1. The van der Waals surface area contributed by atoms with Gasteiger partial charge in [-0.1, -0.05) is 0 Å². The SMILES string of the molecule is Cc1cc(F)c(C(C)Nc2ccc(C#N)cc2)cc1F. The third-order valence-corrected chi connectivity index (χ3v) is 3.14. The number of nitrogens with one attached hydrogen (secondary N) is 1. The van der Waals surface area contributed by atoms with Gasteiger partial charge in [-0.25, -0.2) is 8.78 Å². The summed E-state index contributed by atoms with van der Waals surface area (Å²) in [4.78, 5) is 0. The number of aryl methyl sites for hydroxylation is 1. The Hall–Kier alpha value is -2.41. The fraction of sp³-hybridized carbons (Fsp3) is 0.188. The van der Waals surface area contributed by atoms with Crippen molar-refractivity contribution in [1.82, 2.24) is 0 Å². The molecule has 1 N–H and O–H groups in total. The van der Waals surface area contributed by atoms with Gasteiger partial charge in [-0.2, -0.15) is 5.26 Å². The molecule has 2 nitrogen and oxygen atoms in total. The van der Waals surface area contributed by atoms with Gasteiger partial charge in [0.25, 0.3) is 0 Å². The summed E-state index contributed by atoms with van der Waals surface area (Å²) < 4.78 is 27.4. The van der Waals surface area contributed by atoms with Crippen LogP contribution in [0.3, 0.4) is 0 Å². The first kappa shape index (κ1) is 14.0. The Balaban J connectivity index is 2.21. The van der Waals surface area contributed by atoms with E-state index in [-0.39, 0.29) is 17.2 Å². The minimum atomic E-state index is -0.433. The Morgan fingerprint density at radius 1 is 1.10 bits per heavy atom. The molecule has 0 saturated carbocycles. The number of rotatable bonds is 3. The van der Waals surface area contributed by atoms with Crippen LogP contribution in [-0.2, 0) is 0 Å². The van der Waals surface area contributed by atoms with Crippen molar-refractivity contribution in [2.75, 3.05) is 5.32 Å². The standard InChI is InChI=1S/C16H14F2N2/c1-10-7-16(18)14(8-15(10)17)11(2)20-13-5-3-12(9-19)4-6-13/h3-8,11,20H,1-2H3. The van der Waals surface area contributed by atoms with E-state index < -0.39 is 11.6 Å². The molecule has 2 aromatic rings. The first-order chi connectivity index (χ1) is 9.51. The fourth-order valence-corrected chi connectivity index (χ4v) is 1.96. The zero-order chi connectivity index (χ0) is 14.7. The lowest BCUT2D eigenvalue weighted by atomic mass is 10.0. The summed E-state index contributed by atoms with van der Waals surface area (Å²) in [6.07, 6.45) is 0. The van der Waals surface area contributed by atoms with Crippen molar-refractivity contribution in [1.29, 1.82) is 5.26 Å². The molecule has 2 rings (SSSR count). The molecule has 0 heterocycles. The molecular formula is C16H14F2N2. The summed E-state index contributed by atoms with van der Waals surface area (Å²) in [6.45, 7) is 3.28. The Morgan fingerprint density at radius 2 is 1.75 bits per heavy atom. The number of nitriles is 1. The molecule has 0 bridgehead atoms. The monoisotopic (exact) mass is 272 g/mol. The fourth-order valence-electron chi connectivity index (χ4n) is 1.96. The highest BCUT2D eigenvalue weighted by Crippen LogP contribution is 2.24. The van der Waals surface area contributed by atoms with Crippen LogP contribution in [0, 0.1) is 29.9 Å². The van der Waals surface area contributed by atoms with Crippen molar-refractivity contribution in [3.63, 3.8) is 0 Å². The minimum absolute atomic E-state index is 0.275. The molecule has 0 saturated heterocycles. The van der Waals surface area contributed by atoms with E-state index in [1.165, 1.54) is 19.1 Å². The lowest BCUT2D eigenvalue weighted by Gasteiger charge is -2.17. The van der Waals surface area contributed by atoms with E-state index in [1.54, 1.807) is 31.2 Å². The summed E-state index contributed by atoms with van der Waals surface area (Å²) in [7, 11) is 0. The van der Waals surface area contributed by atoms with Crippen LogP contribution in [0.4, 0.5) is 14.5 Å². The molecule has 0 fully saturated rings. The molecule has 0 aliphatic carbocycles. The Morgan fingerprint density at radius 3 is 2.35 bits per heavy atom. The van der Waals surface area contributed by atoms with Crippen LogP contribution in [0.15, 0.2) is 36.4 Å². The number of halogens is 2. The van der Waals surface area contributed by atoms with Gasteiger partial charge in [0.2, 0.25) is 0 Å².